The van der Waals surface area contributed by atoms with Crippen LogP contribution in [0.15, 0.2) is 30.3 Å². The Labute approximate surface area is 127 Å². The van der Waals surface area contributed by atoms with Crippen molar-refractivity contribution in [3.05, 3.63) is 46.0 Å². The molecule has 1 aliphatic rings. The fourth-order valence-corrected chi connectivity index (χ4v) is 2.47. The zero-order valence-corrected chi connectivity index (χ0v) is 12.0. The summed E-state index contributed by atoms with van der Waals surface area (Å²) in [4.78, 5) is 35.3. The maximum atomic E-state index is 12.1. The first-order chi connectivity index (χ1) is 10.5. The number of primary amides is 1. The lowest BCUT2D eigenvalue weighted by atomic mass is 9.97. The fourth-order valence-electron chi connectivity index (χ4n) is 2.47. The van der Waals surface area contributed by atoms with Gasteiger partial charge in [0.2, 0.25) is 11.8 Å². The number of carbonyl (C=O) groups is 2. The van der Waals surface area contributed by atoms with Crippen LogP contribution in [-0.2, 0) is 9.59 Å². The van der Waals surface area contributed by atoms with Crippen molar-refractivity contribution in [2.24, 2.45) is 11.7 Å². The molecular weight excluding hydrogens is 286 g/mol. The standard InChI is InChI=1S/C15H17N3O4/c16-15(20)12-5-3-9-17(10-12)14(19)8-7-11-4-1-2-6-13(11)18(21)22/h1-2,4,6-8,12H,3,5,9-10H2,(H2,16,20). The first-order valence-corrected chi connectivity index (χ1v) is 6.98. The summed E-state index contributed by atoms with van der Waals surface area (Å²) in [6.45, 7) is 0.860. The zero-order chi connectivity index (χ0) is 16.1. The van der Waals surface area contributed by atoms with Gasteiger partial charge >= 0.3 is 0 Å². The van der Waals surface area contributed by atoms with Gasteiger partial charge in [-0.3, -0.25) is 19.7 Å². The number of nitrogens with two attached hydrogens (primary N) is 1. The van der Waals surface area contributed by atoms with E-state index in [2.05, 4.69) is 0 Å². The van der Waals surface area contributed by atoms with Crippen molar-refractivity contribution >= 4 is 23.6 Å². The zero-order valence-electron chi connectivity index (χ0n) is 12.0. The summed E-state index contributed by atoms with van der Waals surface area (Å²) in [7, 11) is 0. The highest BCUT2D eigenvalue weighted by Gasteiger charge is 2.25. The van der Waals surface area contributed by atoms with E-state index in [4.69, 9.17) is 5.73 Å². The fraction of sp³-hybridized carbons (Fsp3) is 0.333. The predicted octanol–water partition coefficient (Wildman–Crippen LogP) is 1.33. The van der Waals surface area contributed by atoms with Gasteiger partial charge in [0.15, 0.2) is 0 Å². The number of nitrogens with zero attached hydrogens (tertiary/aromatic N) is 2. The van der Waals surface area contributed by atoms with E-state index in [0.29, 0.717) is 25.1 Å². The van der Waals surface area contributed by atoms with E-state index < -0.39 is 10.8 Å². The summed E-state index contributed by atoms with van der Waals surface area (Å²) >= 11 is 0. The molecule has 0 radical (unpaired) electrons. The molecule has 1 unspecified atom stereocenters. The first-order valence-electron chi connectivity index (χ1n) is 6.98. The lowest BCUT2D eigenvalue weighted by Gasteiger charge is -2.30. The summed E-state index contributed by atoms with van der Waals surface area (Å²) in [6, 6.07) is 6.19. The number of piperidine rings is 1. The Bertz CT molecular complexity index is 627. The van der Waals surface area contributed by atoms with Crippen molar-refractivity contribution in [2.75, 3.05) is 13.1 Å². The number of likely N-dealkylation sites (tertiary alicyclic amines) is 1. The number of carbonyl (C=O) groups excluding carboxylic acids is 2. The minimum atomic E-state index is -0.492. The first kappa shape index (κ1) is 15.7. The molecule has 1 aliphatic heterocycles. The molecule has 1 fully saturated rings. The quantitative estimate of drug-likeness (QED) is 0.514. The third kappa shape index (κ3) is 3.69. The largest absolute Gasteiger partial charge is 0.369 e. The van der Waals surface area contributed by atoms with Crippen LogP contribution >= 0.6 is 0 Å². The molecule has 0 aromatic heterocycles. The third-order valence-electron chi connectivity index (χ3n) is 3.67. The molecule has 2 rings (SSSR count). The highest BCUT2D eigenvalue weighted by Crippen LogP contribution is 2.20. The molecule has 22 heavy (non-hydrogen) atoms. The number of hydrogen-bond donors (Lipinski definition) is 1. The Hall–Kier alpha value is -2.70. The minimum Gasteiger partial charge on any atom is -0.369 e. The molecule has 0 bridgehead atoms. The Balaban J connectivity index is 2.08. The third-order valence-corrected chi connectivity index (χ3v) is 3.67. The molecule has 1 saturated heterocycles. The topological polar surface area (TPSA) is 107 Å². The average Bonchev–Trinajstić information content (AvgIpc) is 2.52. The Kier molecular flexibility index (Phi) is 4.88. The highest BCUT2D eigenvalue weighted by atomic mass is 16.6. The van der Waals surface area contributed by atoms with Crippen molar-refractivity contribution in [1.82, 2.24) is 4.90 Å². The molecule has 1 atom stereocenters. The van der Waals surface area contributed by atoms with Crippen molar-refractivity contribution in [1.29, 1.82) is 0 Å². The van der Waals surface area contributed by atoms with Gasteiger partial charge in [-0.1, -0.05) is 12.1 Å². The van der Waals surface area contributed by atoms with Crippen LogP contribution in [0.5, 0.6) is 0 Å². The van der Waals surface area contributed by atoms with Crippen LogP contribution in [0.3, 0.4) is 0 Å². The minimum absolute atomic E-state index is 0.0554. The molecule has 2 amide bonds. The molecule has 0 spiro atoms. The second-order valence-electron chi connectivity index (χ2n) is 5.18. The summed E-state index contributed by atoms with van der Waals surface area (Å²) in [6.07, 6.45) is 4.13. The second-order valence-corrected chi connectivity index (χ2v) is 5.18. The van der Waals surface area contributed by atoms with Gasteiger partial charge in [0.1, 0.15) is 0 Å². The number of nitro groups is 1. The number of benzene rings is 1. The smallest absolute Gasteiger partial charge is 0.276 e. The van der Waals surface area contributed by atoms with Crippen molar-refractivity contribution < 1.29 is 14.5 Å². The molecule has 1 heterocycles. The van der Waals surface area contributed by atoms with Gasteiger partial charge in [-0.05, 0) is 25.0 Å². The van der Waals surface area contributed by atoms with Crippen LogP contribution in [-0.4, -0.2) is 34.7 Å². The molecule has 116 valence electrons. The van der Waals surface area contributed by atoms with Gasteiger partial charge in [0.05, 0.1) is 16.4 Å². The number of amides is 2. The van der Waals surface area contributed by atoms with Crippen molar-refractivity contribution in [2.45, 2.75) is 12.8 Å². The number of rotatable bonds is 4. The Morgan fingerprint density at radius 2 is 2.09 bits per heavy atom. The van der Waals surface area contributed by atoms with Gasteiger partial charge in [0, 0.05) is 25.2 Å². The number of hydrogen-bond acceptors (Lipinski definition) is 4. The molecule has 0 aliphatic carbocycles. The highest BCUT2D eigenvalue weighted by molar-refractivity contribution is 5.93. The van der Waals surface area contributed by atoms with Gasteiger partial charge in [-0.15, -0.1) is 0 Å². The van der Waals surface area contributed by atoms with E-state index in [1.54, 1.807) is 23.1 Å². The Morgan fingerprint density at radius 3 is 2.77 bits per heavy atom. The predicted molar refractivity (Wildman–Crippen MR) is 80.6 cm³/mol. The molecule has 7 nitrogen and oxygen atoms in total. The van der Waals surface area contributed by atoms with E-state index in [1.807, 2.05) is 0 Å². The van der Waals surface area contributed by atoms with E-state index in [-0.39, 0.29) is 17.5 Å². The summed E-state index contributed by atoms with van der Waals surface area (Å²) < 4.78 is 0. The lowest BCUT2D eigenvalue weighted by molar-refractivity contribution is -0.385. The van der Waals surface area contributed by atoms with E-state index in [9.17, 15) is 19.7 Å². The van der Waals surface area contributed by atoms with Crippen LogP contribution in [0.2, 0.25) is 0 Å². The second kappa shape index (κ2) is 6.84. The summed E-state index contributed by atoms with van der Waals surface area (Å²) in [5.41, 5.74) is 5.59. The molecule has 1 aromatic rings. The molecular formula is C15H17N3O4. The van der Waals surface area contributed by atoms with Gasteiger partial charge in [-0.2, -0.15) is 0 Å². The van der Waals surface area contributed by atoms with Crippen LogP contribution in [0.25, 0.3) is 6.08 Å². The lowest BCUT2D eigenvalue weighted by Crippen LogP contribution is -2.43. The van der Waals surface area contributed by atoms with Gasteiger partial charge in [-0.25, -0.2) is 0 Å². The van der Waals surface area contributed by atoms with Crippen LogP contribution in [0, 0.1) is 16.0 Å². The number of nitro benzene ring substituents is 1. The van der Waals surface area contributed by atoms with E-state index in [1.165, 1.54) is 18.2 Å². The van der Waals surface area contributed by atoms with Crippen LogP contribution in [0.1, 0.15) is 18.4 Å². The maximum absolute atomic E-state index is 12.1. The van der Waals surface area contributed by atoms with E-state index >= 15 is 0 Å². The molecule has 7 heteroatoms. The SMILES string of the molecule is NC(=O)C1CCCN(C(=O)C=Cc2ccccc2[N+](=O)[O-])C1. The van der Waals surface area contributed by atoms with E-state index in [0.717, 1.165) is 6.42 Å². The molecule has 0 saturated carbocycles. The van der Waals surface area contributed by atoms with Gasteiger partial charge in [0.25, 0.3) is 5.69 Å². The monoisotopic (exact) mass is 303 g/mol. The Morgan fingerprint density at radius 1 is 1.36 bits per heavy atom. The van der Waals surface area contributed by atoms with Crippen LogP contribution < -0.4 is 5.73 Å². The summed E-state index contributed by atoms with van der Waals surface area (Å²) in [5, 5.41) is 10.9. The summed E-state index contributed by atoms with van der Waals surface area (Å²) in [5.74, 6) is -0.999. The maximum Gasteiger partial charge on any atom is 0.276 e. The van der Waals surface area contributed by atoms with Crippen LogP contribution in [0.4, 0.5) is 5.69 Å². The van der Waals surface area contributed by atoms with Crippen molar-refractivity contribution in [3.63, 3.8) is 0 Å². The normalized spacial score (nSPS) is 18.4. The van der Waals surface area contributed by atoms with Gasteiger partial charge < -0.3 is 10.6 Å². The molecule has 2 N–H and O–H groups in total. The average molecular weight is 303 g/mol. The van der Waals surface area contributed by atoms with Crippen molar-refractivity contribution in [3.8, 4) is 0 Å². The molecule has 1 aromatic carbocycles. The number of para-hydroxylation sites is 1.